The topological polar surface area (TPSA) is 90.6 Å². The van der Waals surface area contributed by atoms with E-state index in [-0.39, 0.29) is 23.3 Å². The molecule has 0 bridgehead atoms. The molecule has 0 heterocycles. The van der Waals surface area contributed by atoms with Crippen LogP contribution < -0.4 is 10.5 Å². The average Bonchev–Trinajstić information content (AvgIpc) is 2.37. The first-order chi connectivity index (χ1) is 9.38. The Morgan fingerprint density at radius 1 is 1.35 bits per heavy atom. The van der Waals surface area contributed by atoms with Gasteiger partial charge < -0.3 is 15.2 Å². The number of ether oxygens (including phenoxy) is 2. The number of sulfonamides is 1. The van der Waals surface area contributed by atoms with Crippen LogP contribution in [-0.4, -0.2) is 41.9 Å². The van der Waals surface area contributed by atoms with Crippen LogP contribution in [0.25, 0.3) is 0 Å². The molecule has 0 spiro atoms. The summed E-state index contributed by atoms with van der Waals surface area (Å²) in [6.07, 6.45) is 0. The summed E-state index contributed by atoms with van der Waals surface area (Å²) in [6, 6.07) is 2.36. The highest BCUT2D eigenvalue weighted by Gasteiger charge is 2.21. The summed E-state index contributed by atoms with van der Waals surface area (Å²) in [4.78, 5) is -0.499. The first-order valence-corrected chi connectivity index (χ1v) is 7.97. The van der Waals surface area contributed by atoms with E-state index in [1.54, 1.807) is 0 Å². The minimum absolute atomic E-state index is 0.00535. The quantitative estimate of drug-likeness (QED) is 0.528. The molecule has 0 saturated carbocycles. The maximum absolute atomic E-state index is 13.8. The third-order valence-corrected chi connectivity index (χ3v) is 4.31. The Morgan fingerprint density at radius 3 is 2.70 bits per heavy atom. The van der Waals surface area contributed by atoms with Crippen molar-refractivity contribution in [1.82, 2.24) is 4.72 Å². The number of benzene rings is 1. The molecule has 0 fully saturated rings. The van der Waals surface area contributed by atoms with Crippen LogP contribution in [0.3, 0.4) is 0 Å². The first kappa shape index (κ1) is 17.3. The molecule has 3 N–H and O–H groups in total. The van der Waals surface area contributed by atoms with Crippen molar-refractivity contribution in [3.63, 3.8) is 0 Å². The predicted molar refractivity (Wildman–Crippen MR) is 76.4 cm³/mol. The summed E-state index contributed by atoms with van der Waals surface area (Å²) in [5.41, 5.74) is 5.66. The molecule has 1 aromatic rings. The molecule has 0 atom stereocenters. The number of nitrogens with two attached hydrogens (primary N) is 1. The van der Waals surface area contributed by atoms with E-state index in [0.29, 0.717) is 13.2 Å². The second kappa shape index (κ2) is 7.89. The first-order valence-electron chi connectivity index (χ1n) is 5.69. The van der Waals surface area contributed by atoms with E-state index in [0.717, 1.165) is 6.07 Å². The molecule has 6 nitrogen and oxygen atoms in total. The maximum atomic E-state index is 13.8. The number of methoxy groups -OCH3 is 1. The van der Waals surface area contributed by atoms with Gasteiger partial charge in [0.1, 0.15) is 4.90 Å². The predicted octanol–water partition coefficient (Wildman–Crippen LogP) is 1.11. The van der Waals surface area contributed by atoms with Crippen molar-refractivity contribution in [2.24, 2.45) is 0 Å². The lowest BCUT2D eigenvalue weighted by molar-refractivity contribution is 0.0736. The second-order valence-corrected chi connectivity index (χ2v) is 6.41. The largest absolute Gasteiger partial charge is 0.399 e. The van der Waals surface area contributed by atoms with E-state index in [1.165, 1.54) is 13.2 Å². The molecule has 0 unspecified atom stereocenters. The van der Waals surface area contributed by atoms with Gasteiger partial charge in [-0.1, -0.05) is 0 Å². The fourth-order valence-electron chi connectivity index (χ4n) is 1.35. The SMILES string of the molecule is COCCOCCNS(=O)(=O)c1cc(N)cc(Br)c1F. The smallest absolute Gasteiger partial charge is 0.243 e. The van der Waals surface area contributed by atoms with Gasteiger partial charge in [0, 0.05) is 19.3 Å². The van der Waals surface area contributed by atoms with Gasteiger partial charge in [0.25, 0.3) is 0 Å². The zero-order valence-electron chi connectivity index (χ0n) is 10.9. The van der Waals surface area contributed by atoms with Crippen molar-refractivity contribution in [1.29, 1.82) is 0 Å². The van der Waals surface area contributed by atoms with E-state index < -0.39 is 20.7 Å². The summed E-state index contributed by atoms with van der Waals surface area (Å²) in [7, 11) is -2.44. The Kier molecular flexibility index (Phi) is 6.83. The second-order valence-electron chi connectivity index (χ2n) is 3.82. The molecule has 1 aromatic carbocycles. The highest BCUT2D eigenvalue weighted by molar-refractivity contribution is 9.10. The van der Waals surface area contributed by atoms with Gasteiger partial charge >= 0.3 is 0 Å². The third-order valence-electron chi connectivity index (χ3n) is 2.28. The normalized spacial score (nSPS) is 11.8. The van der Waals surface area contributed by atoms with Crippen LogP contribution in [0.2, 0.25) is 0 Å². The molecular formula is C11H16BrFN2O4S. The molecule has 0 amide bonds. The van der Waals surface area contributed by atoms with Gasteiger partial charge in [-0.05, 0) is 28.1 Å². The maximum Gasteiger partial charge on any atom is 0.243 e. The highest BCUT2D eigenvalue weighted by Crippen LogP contribution is 2.25. The van der Waals surface area contributed by atoms with Crippen molar-refractivity contribution >= 4 is 31.6 Å². The molecule has 0 saturated heterocycles. The van der Waals surface area contributed by atoms with Gasteiger partial charge in [-0.15, -0.1) is 0 Å². The Bertz CT molecular complexity index is 554. The van der Waals surface area contributed by atoms with Crippen LogP contribution in [0, 0.1) is 5.82 Å². The van der Waals surface area contributed by atoms with E-state index in [9.17, 15) is 12.8 Å². The molecule has 0 aliphatic heterocycles. The number of rotatable bonds is 8. The molecular weight excluding hydrogens is 355 g/mol. The molecule has 114 valence electrons. The third kappa shape index (κ3) is 4.98. The molecule has 20 heavy (non-hydrogen) atoms. The summed E-state index contributed by atoms with van der Waals surface area (Å²) in [5.74, 6) is -0.882. The standard InChI is InChI=1S/C11H16BrFN2O4S/c1-18-4-5-19-3-2-15-20(16,17)10-7-8(14)6-9(12)11(10)13/h6-7,15H,2-5,14H2,1H3. The zero-order valence-corrected chi connectivity index (χ0v) is 13.3. The van der Waals surface area contributed by atoms with Crippen molar-refractivity contribution in [2.45, 2.75) is 4.90 Å². The van der Waals surface area contributed by atoms with Crippen LogP contribution in [0.4, 0.5) is 10.1 Å². The molecule has 1 rings (SSSR count). The molecule has 0 aliphatic carbocycles. The Hall–Kier alpha value is -0.740. The minimum Gasteiger partial charge on any atom is -0.399 e. The van der Waals surface area contributed by atoms with E-state index in [4.69, 9.17) is 15.2 Å². The highest BCUT2D eigenvalue weighted by atomic mass is 79.9. The molecule has 9 heteroatoms. The van der Waals surface area contributed by atoms with E-state index >= 15 is 0 Å². The van der Waals surface area contributed by atoms with Gasteiger partial charge in [0.15, 0.2) is 5.82 Å². The van der Waals surface area contributed by atoms with Crippen molar-refractivity contribution in [2.75, 3.05) is 39.2 Å². The zero-order chi connectivity index (χ0) is 15.2. The monoisotopic (exact) mass is 370 g/mol. The summed E-state index contributed by atoms with van der Waals surface area (Å²) in [6.45, 7) is 0.964. The number of halogens is 2. The molecule has 0 aliphatic rings. The minimum atomic E-state index is -3.97. The van der Waals surface area contributed by atoms with E-state index in [2.05, 4.69) is 20.7 Å². The van der Waals surface area contributed by atoms with E-state index in [1.807, 2.05) is 0 Å². The Labute approximate surface area is 125 Å². The van der Waals surface area contributed by atoms with Crippen molar-refractivity contribution < 1.29 is 22.3 Å². The number of anilines is 1. The molecule has 0 radical (unpaired) electrons. The average molecular weight is 371 g/mol. The number of nitrogens with one attached hydrogen (secondary N) is 1. The number of hydrogen-bond acceptors (Lipinski definition) is 5. The molecule has 0 aromatic heterocycles. The summed E-state index contributed by atoms with van der Waals surface area (Å²) in [5, 5.41) is 0. The Balaban J connectivity index is 2.65. The lowest BCUT2D eigenvalue weighted by Gasteiger charge is -2.10. The fourth-order valence-corrected chi connectivity index (χ4v) is 3.10. The van der Waals surface area contributed by atoms with Gasteiger partial charge in [-0.3, -0.25) is 0 Å². The van der Waals surface area contributed by atoms with Crippen LogP contribution in [-0.2, 0) is 19.5 Å². The van der Waals surface area contributed by atoms with Gasteiger partial charge in [0.2, 0.25) is 10.0 Å². The fraction of sp³-hybridized carbons (Fsp3) is 0.455. The van der Waals surface area contributed by atoms with Crippen LogP contribution >= 0.6 is 15.9 Å². The lowest BCUT2D eigenvalue weighted by atomic mass is 10.3. The van der Waals surface area contributed by atoms with Crippen LogP contribution in [0.1, 0.15) is 0 Å². The van der Waals surface area contributed by atoms with Crippen LogP contribution in [0.15, 0.2) is 21.5 Å². The van der Waals surface area contributed by atoms with Crippen molar-refractivity contribution in [3.05, 3.63) is 22.4 Å². The lowest BCUT2D eigenvalue weighted by Crippen LogP contribution is -2.28. The number of nitrogen functional groups attached to an aromatic ring is 1. The summed E-state index contributed by atoms with van der Waals surface area (Å²) < 4.78 is 49.8. The van der Waals surface area contributed by atoms with Gasteiger partial charge in [-0.2, -0.15) is 0 Å². The summed E-state index contributed by atoms with van der Waals surface area (Å²) >= 11 is 2.91. The van der Waals surface area contributed by atoms with Crippen LogP contribution in [0.5, 0.6) is 0 Å². The number of hydrogen-bond donors (Lipinski definition) is 2. The van der Waals surface area contributed by atoms with Crippen molar-refractivity contribution in [3.8, 4) is 0 Å². The van der Waals surface area contributed by atoms with Gasteiger partial charge in [0.05, 0.1) is 24.3 Å². The van der Waals surface area contributed by atoms with Gasteiger partial charge in [-0.25, -0.2) is 17.5 Å². The Morgan fingerprint density at radius 2 is 2.05 bits per heavy atom.